The Morgan fingerprint density at radius 1 is 1.24 bits per heavy atom. The van der Waals surface area contributed by atoms with Crippen molar-refractivity contribution in [3.63, 3.8) is 0 Å². The van der Waals surface area contributed by atoms with Crippen LogP contribution >= 0.6 is 0 Å². The molecule has 3 fully saturated rings. The molecule has 1 aromatic rings. The second-order valence-electron chi connectivity index (χ2n) is 6.59. The predicted octanol–water partition coefficient (Wildman–Crippen LogP) is 0.0421. The number of carbonyl (C=O) groups is 2. The summed E-state index contributed by atoms with van der Waals surface area (Å²) in [7, 11) is 0. The van der Waals surface area contributed by atoms with E-state index in [-0.39, 0.29) is 29.8 Å². The lowest BCUT2D eigenvalue weighted by molar-refractivity contribution is 0.0362. The van der Waals surface area contributed by atoms with E-state index in [1.165, 1.54) is 6.26 Å². The summed E-state index contributed by atoms with van der Waals surface area (Å²) in [5, 5.41) is 3.69. The predicted molar refractivity (Wildman–Crippen MR) is 85.0 cm³/mol. The van der Waals surface area contributed by atoms with E-state index in [1.807, 2.05) is 0 Å². The molecule has 0 aromatic carbocycles. The van der Waals surface area contributed by atoms with Crippen LogP contribution in [0, 0.1) is 0 Å². The van der Waals surface area contributed by atoms with Gasteiger partial charge in [-0.05, 0) is 6.42 Å². The maximum Gasteiger partial charge on any atom is 0.410 e. The summed E-state index contributed by atoms with van der Waals surface area (Å²) in [6.07, 6.45) is 1.73. The number of likely N-dealkylation sites (tertiary alicyclic amines) is 1. The van der Waals surface area contributed by atoms with Crippen molar-refractivity contribution in [2.45, 2.75) is 18.6 Å². The zero-order valence-electron chi connectivity index (χ0n) is 14.0. The van der Waals surface area contributed by atoms with Gasteiger partial charge < -0.3 is 18.9 Å². The molecule has 0 aliphatic carbocycles. The van der Waals surface area contributed by atoms with Gasteiger partial charge in [-0.25, -0.2) is 4.79 Å². The van der Waals surface area contributed by atoms with Crippen LogP contribution in [0.3, 0.4) is 0 Å². The van der Waals surface area contributed by atoms with Crippen molar-refractivity contribution in [2.24, 2.45) is 0 Å². The minimum absolute atomic E-state index is 0.0759. The zero-order valence-corrected chi connectivity index (χ0v) is 14.0. The van der Waals surface area contributed by atoms with E-state index < -0.39 is 0 Å². The molecule has 3 aliphatic rings. The van der Waals surface area contributed by atoms with E-state index in [4.69, 9.17) is 14.0 Å². The first-order chi connectivity index (χ1) is 12.2. The molecule has 9 heteroatoms. The summed E-state index contributed by atoms with van der Waals surface area (Å²) < 4.78 is 15.5. The van der Waals surface area contributed by atoms with Gasteiger partial charge in [-0.1, -0.05) is 5.16 Å². The highest BCUT2D eigenvalue weighted by Gasteiger charge is 2.48. The van der Waals surface area contributed by atoms with Crippen LogP contribution in [0.25, 0.3) is 0 Å². The largest absolute Gasteiger partial charge is 0.442 e. The number of nitrogens with zero attached hydrogens (tertiary/aromatic N) is 4. The molecule has 0 saturated carbocycles. The van der Waals surface area contributed by atoms with Gasteiger partial charge in [0.1, 0.15) is 12.4 Å². The van der Waals surface area contributed by atoms with Crippen molar-refractivity contribution >= 4 is 12.0 Å². The molecule has 2 amide bonds. The molecule has 9 nitrogen and oxygen atoms in total. The molecule has 3 aliphatic heterocycles. The molecule has 136 valence electrons. The molecule has 0 unspecified atom stereocenters. The van der Waals surface area contributed by atoms with Gasteiger partial charge >= 0.3 is 6.09 Å². The standard InChI is InChI=1S/C16H22N4O5/c21-15(12-2-7-24-17-12)19-10-13-14(11-19)25-16(22)20(13)4-1-3-18-5-8-23-9-6-18/h2,7,13-14H,1,3-6,8-11H2/t13-,14+/m0/s1. The second kappa shape index (κ2) is 7.01. The Kier molecular flexibility index (Phi) is 4.58. The monoisotopic (exact) mass is 350 g/mol. The van der Waals surface area contributed by atoms with Crippen LogP contribution in [0.15, 0.2) is 16.9 Å². The molecule has 4 rings (SSSR count). The van der Waals surface area contributed by atoms with Crippen molar-refractivity contribution in [3.8, 4) is 0 Å². The highest BCUT2D eigenvalue weighted by atomic mass is 16.6. The Balaban J connectivity index is 1.31. The van der Waals surface area contributed by atoms with Gasteiger partial charge in [-0.15, -0.1) is 0 Å². The Hall–Kier alpha value is -2.13. The van der Waals surface area contributed by atoms with Gasteiger partial charge in [0.05, 0.1) is 25.8 Å². The smallest absolute Gasteiger partial charge is 0.410 e. The number of morpholine rings is 1. The van der Waals surface area contributed by atoms with E-state index in [0.717, 1.165) is 39.3 Å². The van der Waals surface area contributed by atoms with Crippen molar-refractivity contribution in [1.82, 2.24) is 19.9 Å². The number of rotatable bonds is 5. The van der Waals surface area contributed by atoms with Gasteiger partial charge in [0.25, 0.3) is 5.91 Å². The van der Waals surface area contributed by atoms with E-state index >= 15 is 0 Å². The molecular weight excluding hydrogens is 328 g/mol. The average Bonchev–Trinajstić information content (AvgIpc) is 3.33. The van der Waals surface area contributed by atoms with Crippen molar-refractivity contribution < 1.29 is 23.6 Å². The molecule has 25 heavy (non-hydrogen) atoms. The fourth-order valence-corrected chi connectivity index (χ4v) is 3.70. The Morgan fingerprint density at radius 3 is 2.84 bits per heavy atom. The molecule has 4 heterocycles. The number of aromatic nitrogens is 1. The van der Waals surface area contributed by atoms with Crippen LogP contribution in [-0.2, 0) is 9.47 Å². The first-order valence-corrected chi connectivity index (χ1v) is 8.69. The summed E-state index contributed by atoms with van der Waals surface area (Å²) in [4.78, 5) is 30.3. The first kappa shape index (κ1) is 16.3. The number of amides is 2. The minimum atomic E-state index is -0.273. The van der Waals surface area contributed by atoms with E-state index in [0.29, 0.717) is 19.6 Å². The molecule has 1 aromatic heterocycles. The topological polar surface area (TPSA) is 88.4 Å². The molecular formula is C16H22N4O5. The number of hydrogen-bond acceptors (Lipinski definition) is 7. The molecule has 0 spiro atoms. The Labute approximate surface area is 145 Å². The van der Waals surface area contributed by atoms with Gasteiger partial charge in [-0.3, -0.25) is 14.6 Å². The van der Waals surface area contributed by atoms with Crippen LogP contribution in [0.4, 0.5) is 4.79 Å². The van der Waals surface area contributed by atoms with Crippen LogP contribution in [0.2, 0.25) is 0 Å². The third-order valence-electron chi connectivity index (χ3n) is 5.05. The lowest BCUT2D eigenvalue weighted by Crippen LogP contribution is -2.42. The minimum Gasteiger partial charge on any atom is -0.442 e. The number of carbonyl (C=O) groups excluding carboxylic acids is 2. The van der Waals surface area contributed by atoms with E-state index in [9.17, 15) is 9.59 Å². The molecule has 3 saturated heterocycles. The quantitative estimate of drug-likeness (QED) is 0.741. The first-order valence-electron chi connectivity index (χ1n) is 8.69. The molecule has 0 bridgehead atoms. The Bertz CT molecular complexity index is 616. The zero-order chi connectivity index (χ0) is 17.2. The molecule has 0 radical (unpaired) electrons. The summed E-state index contributed by atoms with van der Waals surface area (Å²) in [5.74, 6) is -0.188. The van der Waals surface area contributed by atoms with Gasteiger partial charge in [0.2, 0.25) is 0 Å². The van der Waals surface area contributed by atoms with Crippen LogP contribution < -0.4 is 0 Å². The normalized spacial score (nSPS) is 26.8. The summed E-state index contributed by atoms with van der Waals surface area (Å²) in [6.45, 7) is 5.88. The van der Waals surface area contributed by atoms with Crippen molar-refractivity contribution in [1.29, 1.82) is 0 Å². The molecule has 2 atom stereocenters. The van der Waals surface area contributed by atoms with Crippen molar-refractivity contribution in [2.75, 3.05) is 52.5 Å². The Morgan fingerprint density at radius 2 is 2.08 bits per heavy atom. The summed E-state index contributed by atoms with van der Waals surface area (Å²) in [5.41, 5.74) is 0.283. The third kappa shape index (κ3) is 3.34. The summed E-state index contributed by atoms with van der Waals surface area (Å²) >= 11 is 0. The van der Waals surface area contributed by atoms with Crippen LogP contribution in [0.1, 0.15) is 16.9 Å². The lowest BCUT2D eigenvalue weighted by atomic mass is 10.2. The number of ether oxygens (including phenoxy) is 2. The maximum atomic E-state index is 12.4. The maximum absolute atomic E-state index is 12.4. The molecule has 0 N–H and O–H groups in total. The number of hydrogen-bond donors (Lipinski definition) is 0. The fourth-order valence-electron chi connectivity index (χ4n) is 3.70. The lowest BCUT2D eigenvalue weighted by Gasteiger charge is -2.28. The third-order valence-corrected chi connectivity index (χ3v) is 5.05. The fraction of sp³-hybridized carbons (Fsp3) is 0.688. The van der Waals surface area contributed by atoms with Crippen LogP contribution in [0.5, 0.6) is 0 Å². The van der Waals surface area contributed by atoms with E-state index in [2.05, 4.69) is 10.1 Å². The highest BCUT2D eigenvalue weighted by Crippen LogP contribution is 2.28. The number of fused-ring (bicyclic) bond motifs is 1. The highest BCUT2D eigenvalue weighted by molar-refractivity contribution is 5.92. The van der Waals surface area contributed by atoms with Gasteiger partial charge in [-0.2, -0.15) is 0 Å². The summed E-state index contributed by atoms with van der Waals surface area (Å²) in [6, 6.07) is 1.47. The van der Waals surface area contributed by atoms with Gasteiger partial charge in [0, 0.05) is 38.8 Å². The van der Waals surface area contributed by atoms with Crippen molar-refractivity contribution in [3.05, 3.63) is 18.0 Å². The SMILES string of the molecule is O=C(c1ccon1)N1C[C@H]2OC(=O)N(CCCN3CCOCC3)[C@H]2C1. The average molecular weight is 350 g/mol. The second-order valence-corrected chi connectivity index (χ2v) is 6.59. The van der Waals surface area contributed by atoms with E-state index in [1.54, 1.807) is 15.9 Å². The van der Waals surface area contributed by atoms with Crippen LogP contribution in [-0.4, -0.2) is 96.5 Å². The van der Waals surface area contributed by atoms with Gasteiger partial charge in [0.15, 0.2) is 5.69 Å².